The van der Waals surface area contributed by atoms with Gasteiger partial charge in [-0.3, -0.25) is 4.90 Å². The molecule has 1 heterocycles. The van der Waals surface area contributed by atoms with Gasteiger partial charge < -0.3 is 5.32 Å². The zero-order valence-corrected chi connectivity index (χ0v) is 14.5. The van der Waals surface area contributed by atoms with Gasteiger partial charge >= 0.3 is 0 Å². The lowest BCUT2D eigenvalue weighted by Crippen LogP contribution is -2.62. The van der Waals surface area contributed by atoms with Crippen molar-refractivity contribution in [1.29, 1.82) is 0 Å². The molecule has 2 nitrogen and oxygen atoms in total. The van der Waals surface area contributed by atoms with E-state index in [4.69, 9.17) is 0 Å². The third kappa shape index (κ3) is 3.67. The molecule has 2 atom stereocenters. The minimum absolute atomic E-state index is 0.277. The predicted octanol–water partition coefficient (Wildman–Crippen LogP) is 4.05. The van der Waals surface area contributed by atoms with Crippen LogP contribution in [-0.2, 0) is 6.54 Å². The maximum Gasteiger partial charge on any atom is 0.0307 e. The largest absolute Gasteiger partial charge is 0.311 e. The number of nitrogens with one attached hydrogen (secondary N) is 1. The summed E-state index contributed by atoms with van der Waals surface area (Å²) >= 11 is 0. The second kappa shape index (κ2) is 6.93. The molecule has 2 rings (SSSR count). The summed E-state index contributed by atoms with van der Waals surface area (Å²) < 4.78 is 0. The Bertz CT molecular complexity index is 448. The van der Waals surface area contributed by atoms with Gasteiger partial charge in [-0.15, -0.1) is 0 Å². The zero-order chi connectivity index (χ0) is 15.5. The Balaban J connectivity index is 2.20. The van der Waals surface area contributed by atoms with Crippen LogP contribution in [-0.4, -0.2) is 29.6 Å². The molecule has 0 aromatic heterocycles. The van der Waals surface area contributed by atoms with E-state index in [2.05, 4.69) is 63.0 Å². The Morgan fingerprint density at radius 1 is 1.24 bits per heavy atom. The molecule has 1 fully saturated rings. The molecule has 0 bridgehead atoms. The number of piperazine rings is 1. The average molecular weight is 288 g/mol. The summed E-state index contributed by atoms with van der Waals surface area (Å²) in [7, 11) is 0. The van der Waals surface area contributed by atoms with Crippen molar-refractivity contribution >= 4 is 0 Å². The molecule has 1 aromatic carbocycles. The third-order valence-corrected chi connectivity index (χ3v) is 5.37. The molecule has 2 unspecified atom stereocenters. The van der Waals surface area contributed by atoms with E-state index in [1.54, 1.807) is 0 Å². The summed E-state index contributed by atoms with van der Waals surface area (Å²) in [4.78, 5) is 2.72. The van der Waals surface area contributed by atoms with Crippen molar-refractivity contribution in [1.82, 2.24) is 10.2 Å². The van der Waals surface area contributed by atoms with Gasteiger partial charge in [-0.2, -0.15) is 0 Å². The first-order valence-corrected chi connectivity index (χ1v) is 8.53. The van der Waals surface area contributed by atoms with Gasteiger partial charge in [0.05, 0.1) is 0 Å². The molecule has 118 valence electrons. The van der Waals surface area contributed by atoms with Crippen LogP contribution in [0.1, 0.15) is 56.7 Å². The highest BCUT2D eigenvalue weighted by Gasteiger charge is 2.36. The quantitative estimate of drug-likeness (QED) is 0.879. The first-order chi connectivity index (χ1) is 10.00. The van der Waals surface area contributed by atoms with Crippen LogP contribution in [0.5, 0.6) is 0 Å². The van der Waals surface area contributed by atoms with Gasteiger partial charge in [-0.25, -0.2) is 0 Å². The van der Waals surface area contributed by atoms with E-state index in [0.29, 0.717) is 6.04 Å². The normalized spacial score (nSPS) is 27.0. The van der Waals surface area contributed by atoms with Gasteiger partial charge in [-0.05, 0) is 50.3 Å². The van der Waals surface area contributed by atoms with Crippen molar-refractivity contribution in [3.05, 3.63) is 34.9 Å². The SMILES string of the molecule is CCCC1CN(Cc2c(C)cccc2C)C(C)(CC)CN1. The van der Waals surface area contributed by atoms with Gasteiger partial charge in [0.2, 0.25) is 0 Å². The van der Waals surface area contributed by atoms with Crippen molar-refractivity contribution in [2.75, 3.05) is 13.1 Å². The van der Waals surface area contributed by atoms with Crippen LogP contribution < -0.4 is 5.32 Å². The Hall–Kier alpha value is -0.860. The van der Waals surface area contributed by atoms with Crippen molar-refractivity contribution in [3.8, 4) is 0 Å². The Morgan fingerprint density at radius 3 is 2.48 bits per heavy atom. The lowest BCUT2D eigenvalue weighted by atomic mass is 9.89. The molecular formula is C19H32N2. The summed E-state index contributed by atoms with van der Waals surface area (Å²) in [5.74, 6) is 0. The van der Waals surface area contributed by atoms with E-state index in [1.165, 1.54) is 42.5 Å². The highest BCUT2D eigenvalue weighted by atomic mass is 15.3. The lowest BCUT2D eigenvalue weighted by Gasteiger charge is -2.48. The number of benzene rings is 1. The summed E-state index contributed by atoms with van der Waals surface area (Å²) in [5.41, 5.74) is 4.66. The minimum atomic E-state index is 0.277. The number of nitrogens with zero attached hydrogens (tertiary/aromatic N) is 1. The fourth-order valence-corrected chi connectivity index (χ4v) is 3.46. The molecule has 1 aliphatic heterocycles. The molecular weight excluding hydrogens is 256 g/mol. The molecule has 0 saturated carbocycles. The fourth-order valence-electron chi connectivity index (χ4n) is 3.46. The minimum Gasteiger partial charge on any atom is -0.311 e. The van der Waals surface area contributed by atoms with Gasteiger partial charge in [-0.1, -0.05) is 38.5 Å². The standard InChI is InChI=1S/C19H32N2/c1-6-9-17-12-21(19(5,7-2)14-20-17)13-18-15(3)10-8-11-16(18)4/h8,10-11,17,20H,6-7,9,12-14H2,1-5H3. The molecule has 1 N–H and O–H groups in total. The fraction of sp³-hybridized carbons (Fsp3) is 0.684. The first kappa shape index (κ1) is 16.5. The monoisotopic (exact) mass is 288 g/mol. The van der Waals surface area contributed by atoms with Crippen LogP contribution in [0, 0.1) is 13.8 Å². The molecule has 0 spiro atoms. The lowest BCUT2D eigenvalue weighted by molar-refractivity contribution is 0.0394. The van der Waals surface area contributed by atoms with E-state index in [1.807, 2.05) is 0 Å². The maximum absolute atomic E-state index is 3.76. The molecule has 1 saturated heterocycles. The topological polar surface area (TPSA) is 15.3 Å². The molecule has 2 heteroatoms. The van der Waals surface area contributed by atoms with Crippen LogP contribution in [0.2, 0.25) is 0 Å². The van der Waals surface area contributed by atoms with Gasteiger partial charge in [0.15, 0.2) is 0 Å². The van der Waals surface area contributed by atoms with Crippen molar-refractivity contribution in [2.24, 2.45) is 0 Å². The van der Waals surface area contributed by atoms with Crippen molar-refractivity contribution < 1.29 is 0 Å². The second-order valence-corrected chi connectivity index (χ2v) is 6.97. The van der Waals surface area contributed by atoms with E-state index >= 15 is 0 Å². The van der Waals surface area contributed by atoms with Crippen LogP contribution in [0.3, 0.4) is 0 Å². The van der Waals surface area contributed by atoms with Crippen LogP contribution in [0.15, 0.2) is 18.2 Å². The highest BCUT2D eigenvalue weighted by Crippen LogP contribution is 2.28. The van der Waals surface area contributed by atoms with E-state index < -0.39 is 0 Å². The summed E-state index contributed by atoms with van der Waals surface area (Å²) in [6.07, 6.45) is 3.74. The van der Waals surface area contributed by atoms with Crippen LogP contribution >= 0.6 is 0 Å². The van der Waals surface area contributed by atoms with Gasteiger partial charge in [0.1, 0.15) is 0 Å². The summed E-state index contributed by atoms with van der Waals surface area (Å²) in [5, 5.41) is 3.76. The number of rotatable bonds is 5. The molecule has 0 aliphatic carbocycles. The molecule has 0 radical (unpaired) electrons. The van der Waals surface area contributed by atoms with Crippen LogP contribution in [0.4, 0.5) is 0 Å². The molecule has 1 aromatic rings. The molecule has 0 amide bonds. The van der Waals surface area contributed by atoms with Gasteiger partial charge in [0, 0.05) is 31.2 Å². The van der Waals surface area contributed by atoms with Gasteiger partial charge in [0.25, 0.3) is 0 Å². The average Bonchev–Trinajstić information content (AvgIpc) is 2.46. The van der Waals surface area contributed by atoms with Crippen molar-refractivity contribution in [3.63, 3.8) is 0 Å². The highest BCUT2D eigenvalue weighted by molar-refractivity contribution is 5.33. The number of hydrogen-bond donors (Lipinski definition) is 1. The predicted molar refractivity (Wildman–Crippen MR) is 91.7 cm³/mol. The van der Waals surface area contributed by atoms with Crippen LogP contribution in [0.25, 0.3) is 0 Å². The number of aryl methyl sites for hydroxylation is 2. The van der Waals surface area contributed by atoms with E-state index in [9.17, 15) is 0 Å². The second-order valence-electron chi connectivity index (χ2n) is 6.97. The first-order valence-electron chi connectivity index (χ1n) is 8.53. The maximum atomic E-state index is 3.76. The molecule has 21 heavy (non-hydrogen) atoms. The van der Waals surface area contributed by atoms with Crippen molar-refractivity contribution in [2.45, 2.75) is 72.0 Å². The zero-order valence-electron chi connectivity index (χ0n) is 14.5. The van der Waals surface area contributed by atoms with E-state index in [0.717, 1.165) is 13.1 Å². The summed E-state index contributed by atoms with van der Waals surface area (Å²) in [6, 6.07) is 7.32. The van der Waals surface area contributed by atoms with E-state index in [-0.39, 0.29) is 5.54 Å². The number of hydrogen-bond acceptors (Lipinski definition) is 2. The Kier molecular flexibility index (Phi) is 5.45. The Labute approximate surface area is 130 Å². The smallest absolute Gasteiger partial charge is 0.0307 e. The third-order valence-electron chi connectivity index (χ3n) is 5.37. The Morgan fingerprint density at radius 2 is 1.90 bits per heavy atom. The molecule has 1 aliphatic rings. The summed E-state index contributed by atoms with van der Waals surface area (Å²) in [6.45, 7) is 14.9.